The molecule has 1 atom stereocenters. The lowest BCUT2D eigenvalue weighted by Crippen LogP contribution is -2.52. The normalized spacial score (nSPS) is 12.1. The zero-order valence-electron chi connectivity index (χ0n) is 22.4. The van der Waals surface area contributed by atoms with E-state index in [1.165, 1.54) is 48.4 Å². The van der Waals surface area contributed by atoms with Gasteiger partial charge < -0.3 is 15.0 Å². The summed E-state index contributed by atoms with van der Waals surface area (Å²) in [5.74, 6) is -1.22. The molecule has 8 nitrogen and oxygen atoms in total. The van der Waals surface area contributed by atoms with Crippen molar-refractivity contribution in [3.63, 3.8) is 0 Å². The van der Waals surface area contributed by atoms with Gasteiger partial charge in [0.25, 0.3) is 10.0 Å². The van der Waals surface area contributed by atoms with Crippen LogP contribution in [0.5, 0.6) is 5.75 Å². The minimum absolute atomic E-state index is 0.0533. The molecule has 2 amide bonds. The molecule has 0 heterocycles. The summed E-state index contributed by atoms with van der Waals surface area (Å²) in [5, 5.41) is 3.36. The zero-order valence-corrected chi connectivity index (χ0v) is 24.7. The molecular formula is C28H30Cl2FN3O5S. The Morgan fingerprint density at radius 3 is 2.12 bits per heavy atom. The average molecular weight is 611 g/mol. The van der Waals surface area contributed by atoms with Gasteiger partial charge in [-0.3, -0.25) is 13.9 Å². The van der Waals surface area contributed by atoms with Gasteiger partial charge in [-0.05, 0) is 87.0 Å². The molecule has 214 valence electrons. The first-order chi connectivity index (χ1) is 18.8. The highest BCUT2D eigenvalue weighted by atomic mass is 35.5. The van der Waals surface area contributed by atoms with Crippen molar-refractivity contribution in [3.8, 4) is 5.75 Å². The van der Waals surface area contributed by atoms with Gasteiger partial charge in [0.1, 0.15) is 24.2 Å². The van der Waals surface area contributed by atoms with E-state index in [0.717, 1.165) is 16.4 Å². The van der Waals surface area contributed by atoms with Crippen LogP contribution in [0, 0.1) is 5.82 Å². The van der Waals surface area contributed by atoms with E-state index in [0.29, 0.717) is 16.3 Å². The third kappa shape index (κ3) is 7.65. The van der Waals surface area contributed by atoms with E-state index in [2.05, 4.69) is 5.32 Å². The van der Waals surface area contributed by atoms with E-state index in [-0.39, 0.29) is 28.2 Å². The lowest BCUT2D eigenvalue weighted by molar-refractivity contribution is -0.139. The van der Waals surface area contributed by atoms with Gasteiger partial charge >= 0.3 is 0 Å². The summed E-state index contributed by atoms with van der Waals surface area (Å²) < 4.78 is 47.3. The molecule has 0 aliphatic carbocycles. The number of sulfonamides is 1. The second-order valence-corrected chi connectivity index (χ2v) is 11.9. The number of hydrogen-bond donors (Lipinski definition) is 1. The van der Waals surface area contributed by atoms with Crippen LogP contribution in [0.3, 0.4) is 0 Å². The average Bonchev–Trinajstić information content (AvgIpc) is 2.92. The number of hydrogen-bond acceptors (Lipinski definition) is 5. The van der Waals surface area contributed by atoms with Crippen molar-refractivity contribution in [2.75, 3.05) is 18.0 Å². The van der Waals surface area contributed by atoms with Crippen LogP contribution in [0.2, 0.25) is 10.0 Å². The Labute approximate surface area is 243 Å². The smallest absolute Gasteiger partial charge is 0.264 e. The van der Waals surface area contributed by atoms with Crippen LogP contribution in [0.15, 0.2) is 71.6 Å². The fourth-order valence-corrected chi connectivity index (χ4v) is 5.57. The van der Waals surface area contributed by atoms with E-state index in [1.807, 2.05) is 0 Å². The van der Waals surface area contributed by atoms with Crippen molar-refractivity contribution in [1.82, 2.24) is 10.2 Å². The summed E-state index contributed by atoms with van der Waals surface area (Å²) in [5.41, 5.74) is 0.651. The van der Waals surface area contributed by atoms with Gasteiger partial charge in [-0.15, -0.1) is 0 Å². The van der Waals surface area contributed by atoms with Crippen molar-refractivity contribution in [2.24, 2.45) is 0 Å². The van der Waals surface area contributed by atoms with Crippen LogP contribution >= 0.6 is 23.2 Å². The molecule has 0 aromatic heterocycles. The maximum atomic E-state index is 13.8. The van der Waals surface area contributed by atoms with Crippen molar-refractivity contribution < 1.29 is 27.1 Å². The highest BCUT2D eigenvalue weighted by molar-refractivity contribution is 7.92. The Kier molecular flexibility index (Phi) is 10.4. The largest absolute Gasteiger partial charge is 0.497 e. The minimum atomic E-state index is -4.30. The van der Waals surface area contributed by atoms with Crippen LogP contribution < -0.4 is 14.4 Å². The van der Waals surface area contributed by atoms with Crippen LogP contribution in [-0.4, -0.2) is 50.9 Å². The van der Waals surface area contributed by atoms with Crippen LogP contribution in [0.25, 0.3) is 0 Å². The molecule has 0 saturated carbocycles. The summed E-state index contributed by atoms with van der Waals surface area (Å²) >= 11 is 12.2. The molecule has 0 fully saturated rings. The number of nitrogens with zero attached hydrogens (tertiary/aromatic N) is 2. The van der Waals surface area contributed by atoms with Gasteiger partial charge in [0, 0.05) is 12.6 Å². The Balaban J connectivity index is 2.04. The molecule has 0 aliphatic rings. The molecule has 0 saturated heterocycles. The van der Waals surface area contributed by atoms with E-state index in [4.69, 9.17) is 27.9 Å². The van der Waals surface area contributed by atoms with Crippen LogP contribution in [-0.2, 0) is 26.2 Å². The van der Waals surface area contributed by atoms with E-state index < -0.39 is 40.2 Å². The predicted octanol–water partition coefficient (Wildman–Crippen LogP) is 5.28. The van der Waals surface area contributed by atoms with Crippen molar-refractivity contribution in [3.05, 3.63) is 88.2 Å². The number of amides is 2. The summed E-state index contributed by atoms with van der Waals surface area (Å²) in [6.45, 7) is 4.40. The summed E-state index contributed by atoms with van der Waals surface area (Å²) in [7, 11) is -2.85. The number of ether oxygens (including phenoxy) is 1. The van der Waals surface area contributed by atoms with Crippen molar-refractivity contribution >= 4 is 50.7 Å². The molecule has 0 spiro atoms. The Morgan fingerprint density at radius 2 is 1.57 bits per heavy atom. The van der Waals surface area contributed by atoms with Gasteiger partial charge in [0.05, 0.1) is 27.7 Å². The topological polar surface area (TPSA) is 96.0 Å². The monoisotopic (exact) mass is 609 g/mol. The molecule has 40 heavy (non-hydrogen) atoms. The maximum Gasteiger partial charge on any atom is 0.264 e. The molecule has 12 heteroatoms. The number of nitrogens with one attached hydrogen (secondary N) is 1. The fraction of sp³-hybridized carbons (Fsp3) is 0.286. The zero-order chi connectivity index (χ0) is 29.6. The first-order valence-electron chi connectivity index (χ1n) is 12.3. The standard InChI is InChI=1S/C28H30Cl2FN3O5S/c1-18(2)32-28(36)19(3)33(16-20-5-14-25(29)26(30)15-20)27(35)17-34(22-8-6-21(31)7-9-22)40(37,38)24-12-10-23(39-4)11-13-24/h5-15,18-19H,16-17H2,1-4H3,(H,32,36)/t19-/m1/s1. The van der Waals surface area contributed by atoms with Gasteiger partial charge in [0.15, 0.2) is 0 Å². The number of benzene rings is 3. The number of anilines is 1. The maximum absolute atomic E-state index is 13.8. The Hall–Kier alpha value is -3.34. The summed E-state index contributed by atoms with van der Waals surface area (Å²) in [6.07, 6.45) is 0. The second kappa shape index (κ2) is 13.3. The molecule has 3 rings (SSSR count). The SMILES string of the molecule is COc1ccc(S(=O)(=O)N(CC(=O)N(Cc2ccc(Cl)c(Cl)c2)[C@H](C)C(=O)NC(C)C)c2ccc(F)cc2)cc1. The first-order valence-corrected chi connectivity index (χ1v) is 14.5. The first kappa shape index (κ1) is 31.2. The molecule has 0 aliphatic heterocycles. The van der Waals surface area contributed by atoms with Gasteiger partial charge in [-0.2, -0.15) is 0 Å². The van der Waals surface area contributed by atoms with Crippen LogP contribution in [0.4, 0.5) is 10.1 Å². The summed E-state index contributed by atoms with van der Waals surface area (Å²) in [4.78, 5) is 27.9. The van der Waals surface area contributed by atoms with Gasteiger partial charge in [0.2, 0.25) is 11.8 Å². The number of rotatable bonds is 11. The lowest BCUT2D eigenvalue weighted by atomic mass is 10.1. The molecule has 1 N–H and O–H groups in total. The second-order valence-electron chi connectivity index (χ2n) is 9.27. The van der Waals surface area contributed by atoms with Gasteiger partial charge in [-0.25, -0.2) is 12.8 Å². The highest BCUT2D eigenvalue weighted by Crippen LogP contribution is 2.27. The number of carbonyl (C=O) groups is 2. The number of carbonyl (C=O) groups excluding carboxylic acids is 2. The van der Waals surface area contributed by atoms with Crippen molar-refractivity contribution in [1.29, 1.82) is 0 Å². The van der Waals surface area contributed by atoms with Crippen LogP contribution in [0.1, 0.15) is 26.3 Å². The Morgan fingerprint density at radius 1 is 0.950 bits per heavy atom. The number of methoxy groups -OCH3 is 1. The third-order valence-electron chi connectivity index (χ3n) is 5.98. The number of halogens is 3. The minimum Gasteiger partial charge on any atom is -0.497 e. The highest BCUT2D eigenvalue weighted by Gasteiger charge is 2.32. The molecule has 0 radical (unpaired) electrons. The van der Waals surface area contributed by atoms with E-state index >= 15 is 0 Å². The predicted molar refractivity (Wildman–Crippen MR) is 154 cm³/mol. The lowest BCUT2D eigenvalue weighted by Gasteiger charge is -2.32. The summed E-state index contributed by atoms with van der Waals surface area (Å²) in [6, 6.07) is 14.0. The molecular weight excluding hydrogens is 580 g/mol. The van der Waals surface area contributed by atoms with E-state index in [9.17, 15) is 22.4 Å². The molecule has 3 aromatic carbocycles. The molecule has 0 unspecified atom stereocenters. The van der Waals surface area contributed by atoms with E-state index in [1.54, 1.807) is 39.0 Å². The molecule has 3 aromatic rings. The third-order valence-corrected chi connectivity index (χ3v) is 8.50. The Bertz CT molecular complexity index is 1450. The van der Waals surface area contributed by atoms with Crippen molar-refractivity contribution in [2.45, 2.75) is 44.3 Å². The fourth-order valence-electron chi connectivity index (χ4n) is 3.83. The quantitative estimate of drug-likeness (QED) is 0.319. The molecule has 0 bridgehead atoms. The van der Waals surface area contributed by atoms with Gasteiger partial charge in [-0.1, -0.05) is 29.3 Å².